The summed E-state index contributed by atoms with van der Waals surface area (Å²) in [6.07, 6.45) is 7.21. The smallest absolute Gasteiger partial charge is 0.258 e. The van der Waals surface area contributed by atoms with Gasteiger partial charge < -0.3 is 10.0 Å². The first-order chi connectivity index (χ1) is 8.74. The zero-order valence-electron chi connectivity index (χ0n) is 10.2. The van der Waals surface area contributed by atoms with Gasteiger partial charge in [-0.1, -0.05) is 28.8 Å². The summed E-state index contributed by atoms with van der Waals surface area (Å²) in [6, 6.07) is 1.79. The quantitative estimate of drug-likeness (QED) is 0.854. The molecule has 2 heterocycles. The monoisotopic (exact) mass is 312 g/mol. The van der Waals surface area contributed by atoms with Gasteiger partial charge in [0, 0.05) is 24.1 Å². The third-order valence-corrected chi connectivity index (χ3v) is 4.09. The molecule has 1 fully saturated rings. The molecule has 0 radical (unpaired) electrons. The van der Waals surface area contributed by atoms with Gasteiger partial charge in [-0.3, -0.25) is 9.78 Å². The van der Waals surface area contributed by atoms with Crippen molar-refractivity contribution in [2.24, 2.45) is 0 Å². The van der Waals surface area contributed by atoms with Crippen molar-refractivity contribution in [3.05, 3.63) is 24.0 Å². The summed E-state index contributed by atoms with van der Waals surface area (Å²) in [5.74, 6) is -0.138. The van der Waals surface area contributed by atoms with Crippen molar-refractivity contribution >= 4 is 21.8 Å². The van der Waals surface area contributed by atoms with E-state index in [1.807, 2.05) is 4.90 Å². The zero-order chi connectivity index (χ0) is 13.0. The second-order valence-corrected chi connectivity index (χ2v) is 5.20. The van der Waals surface area contributed by atoms with Crippen LogP contribution in [0.25, 0.3) is 0 Å². The summed E-state index contributed by atoms with van der Waals surface area (Å²) < 4.78 is 0. The van der Waals surface area contributed by atoms with Crippen LogP contribution < -0.4 is 0 Å². The Kier molecular flexibility index (Phi) is 4.58. The lowest BCUT2D eigenvalue weighted by Crippen LogP contribution is -2.41. The van der Waals surface area contributed by atoms with Crippen LogP contribution in [0.5, 0.6) is 5.75 Å². The number of carbonyl (C=O) groups is 1. The fraction of sp³-hybridized carbons (Fsp3) is 0.538. The van der Waals surface area contributed by atoms with Gasteiger partial charge in [0.05, 0.1) is 11.8 Å². The Hall–Kier alpha value is -1.10. The lowest BCUT2D eigenvalue weighted by Gasteiger charge is -2.29. The molecule has 0 bridgehead atoms. The van der Waals surface area contributed by atoms with Crippen molar-refractivity contribution in [3.8, 4) is 5.75 Å². The van der Waals surface area contributed by atoms with E-state index in [0.717, 1.165) is 37.6 Å². The van der Waals surface area contributed by atoms with Crippen LogP contribution >= 0.6 is 15.9 Å². The molecule has 1 atom stereocenters. The number of aromatic hydroxyl groups is 1. The average molecular weight is 313 g/mol. The van der Waals surface area contributed by atoms with E-state index >= 15 is 0 Å². The van der Waals surface area contributed by atoms with Gasteiger partial charge in [-0.2, -0.15) is 0 Å². The Labute approximate surface area is 115 Å². The van der Waals surface area contributed by atoms with Crippen molar-refractivity contribution in [2.45, 2.75) is 31.7 Å². The molecule has 0 spiro atoms. The van der Waals surface area contributed by atoms with Gasteiger partial charge in [-0.05, 0) is 18.9 Å². The fourth-order valence-corrected chi connectivity index (χ4v) is 3.00. The Morgan fingerprint density at radius 3 is 3.06 bits per heavy atom. The minimum absolute atomic E-state index is 0.0416. The highest BCUT2D eigenvalue weighted by Crippen LogP contribution is 2.23. The average Bonchev–Trinajstić information content (AvgIpc) is 2.63. The van der Waals surface area contributed by atoms with Crippen molar-refractivity contribution in [1.82, 2.24) is 9.88 Å². The van der Waals surface area contributed by atoms with Gasteiger partial charge in [0.2, 0.25) is 0 Å². The van der Waals surface area contributed by atoms with E-state index < -0.39 is 0 Å². The van der Waals surface area contributed by atoms with Crippen LogP contribution in [0, 0.1) is 0 Å². The molecule has 5 heteroatoms. The Morgan fingerprint density at radius 1 is 1.50 bits per heavy atom. The molecule has 4 nitrogen and oxygen atoms in total. The van der Waals surface area contributed by atoms with Crippen LogP contribution in [0.4, 0.5) is 0 Å². The maximum atomic E-state index is 12.5. The van der Waals surface area contributed by atoms with Gasteiger partial charge >= 0.3 is 0 Å². The molecular weight excluding hydrogens is 296 g/mol. The Balaban J connectivity index is 2.23. The van der Waals surface area contributed by atoms with Crippen LogP contribution in [-0.2, 0) is 0 Å². The zero-order valence-corrected chi connectivity index (χ0v) is 11.8. The van der Waals surface area contributed by atoms with E-state index in [1.165, 1.54) is 12.4 Å². The molecule has 1 aromatic rings. The molecule has 0 saturated carbocycles. The highest BCUT2D eigenvalue weighted by molar-refractivity contribution is 9.09. The number of hydrogen-bond acceptors (Lipinski definition) is 3. The SMILES string of the molecule is O=C(c1ccncc1O)N1CCCCCC1CBr. The van der Waals surface area contributed by atoms with Crippen LogP contribution in [-0.4, -0.2) is 38.8 Å². The predicted molar refractivity (Wildman–Crippen MR) is 73.0 cm³/mol. The molecule has 1 aromatic heterocycles. The first-order valence-corrected chi connectivity index (χ1v) is 7.36. The van der Waals surface area contributed by atoms with Gasteiger partial charge in [0.15, 0.2) is 0 Å². The molecular formula is C13H17BrN2O2. The van der Waals surface area contributed by atoms with Crippen LogP contribution in [0.2, 0.25) is 0 Å². The second kappa shape index (κ2) is 6.18. The Morgan fingerprint density at radius 2 is 2.33 bits per heavy atom. The number of nitrogens with zero attached hydrogens (tertiary/aromatic N) is 2. The normalized spacial score (nSPS) is 20.5. The third kappa shape index (κ3) is 2.83. The first-order valence-electron chi connectivity index (χ1n) is 6.24. The minimum Gasteiger partial charge on any atom is -0.505 e. The summed E-state index contributed by atoms with van der Waals surface area (Å²) >= 11 is 3.48. The van der Waals surface area contributed by atoms with Gasteiger partial charge in [0.25, 0.3) is 5.91 Å². The third-order valence-electron chi connectivity index (χ3n) is 3.35. The Bertz CT molecular complexity index is 425. The molecule has 2 rings (SSSR count). The van der Waals surface area contributed by atoms with Gasteiger partial charge in [0.1, 0.15) is 5.75 Å². The molecule has 98 valence electrons. The number of hydrogen-bond donors (Lipinski definition) is 1. The standard InChI is InChI=1S/C13H17BrN2O2/c14-8-10-4-2-1-3-7-16(10)13(18)11-5-6-15-9-12(11)17/h5-6,9-10,17H,1-4,7-8H2. The number of likely N-dealkylation sites (tertiary alicyclic amines) is 1. The highest BCUT2D eigenvalue weighted by Gasteiger charge is 2.26. The maximum absolute atomic E-state index is 12.5. The van der Waals surface area contributed by atoms with Crippen LogP contribution in [0.3, 0.4) is 0 Å². The molecule has 1 saturated heterocycles. The molecule has 0 aromatic carbocycles. The summed E-state index contributed by atoms with van der Waals surface area (Å²) in [5, 5.41) is 10.5. The first kappa shape index (κ1) is 13.3. The predicted octanol–water partition coefficient (Wildman–Crippen LogP) is 2.57. The van der Waals surface area contributed by atoms with E-state index in [9.17, 15) is 9.90 Å². The number of pyridine rings is 1. The molecule has 1 unspecified atom stereocenters. The van der Waals surface area contributed by atoms with E-state index in [2.05, 4.69) is 20.9 Å². The number of amides is 1. The number of carbonyl (C=O) groups excluding carboxylic acids is 1. The topological polar surface area (TPSA) is 53.4 Å². The molecule has 1 N–H and O–H groups in total. The summed E-state index contributed by atoms with van der Waals surface area (Å²) in [7, 11) is 0. The molecule has 1 aliphatic rings. The minimum atomic E-state index is -0.0961. The summed E-state index contributed by atoms with van der Waals surface area (Å²) in [5.41, 5.74) is 0.345. The number of rotatable bonds is 2. The van der Waals surface area contributed by atoms with Crippen molar-refractivity contribution < 1.29 is 9.90 Å². The van der Waals surface area contributed by atoms with E-state index in [-0.39, 0.29) is 17.7 Å². The fourth-order valence-electron chi connectivity index (χ4n) is 2.33. The van der Waals surface area contributed by atoms with Crippen LogP contribution in [0.1, 0.15) is 36.0 Å². The van der Waals surface area contributed by atoms with Crippen molar-refractivity contribution in [1.29, 1.82) is 0 Å². The summed E-state index contributed by atoms with van der Waals surface area (Å²) in [6.45, 7) is 0.761. The largest absolute Gasteiger partial charge is 0.505 e. The van der Waals surface area contributed by atoms with Gasteiger partial charge in [-0.15, -0.1) is 0 Å². The molecule has 1 aliphatic heterocycles. The highest BCUT2D eigenvalue weighted by atomic mass is 79.9. The van der Waals surface area contributed by atoms with E-state index in [4.69, 9.17) is 0 Å². The second-order valence-electron chi connectivity index (χ2n) is 4.55. The van der Waals surface area contributed by atoms with E-state index in [1.54, 1.807) is 6.07 Å². The van der Waals surface area contributed by atoms with E-state index in [0.29, 0.717) is 5.56 Å². The van der Waals surface area contributed by atoms with Crippen LogP contribution in [0.15, 0.2) is 18.5 Å². The summed E-state index contributed by atoms with van der Waals surface area (Å²) in [4.78, 5) is 18.1. The number of aromatic nitrogens is 1. The molecule has 0 aliphatic carbocycles. The lowest BCUT2D eigenvalue weighted by atomic mass is 10.1. The van der Waals surface area contributed by atoms with Crippen molar-refractivity contribution in [2.75, 3.05) is 11.9 Å². The molecule has 1 amide bonds. The maximum Gasteiger partial charge on any atom is 0.258 e. The number of alkyl halides is 1. The van der Waals surface area contributed by atoms with Gasteiger partial charge in [-0.25, -0.2) is 0 Å². The lowest BCUT2D eigenvalue weighted by molar-refractivity contribution is 0.0699. The molecule has 18 heavy (non-hydrogen) atoms. The number of halogens is 1. The van der Waals surface area contributed by atoms with Crippen molar-refractivity contribution in [3.63, 3.8) is 0 Å².